The van der Waals surface area contributed by atoms with Crippen molar-refractivity contribution in [2.24, 2.45) is 69.0 Å². The molecule has 0 aromatic heterocycles. The maximum Gasteiger partial charge on any atom is 0.338 e. The lowest BCUT2D eigenvalue weighted by atomic mass is 9.49. The summed E-state index contributed by atoms with van der Waals surface area (Å²) in [6, 6.07) is 38.2. The molecule has 5 aromatic rings. The summed E-state index contributed by atoms with van der Waals surface area (Å²) in [5.41, 5.74) is -3.92. The van der Waals surface area contributed by atoms with E-state index in [1.807, 2.05) is 121 Å². The molecule has 5 aliphatic heterocycles. The van der Waals surface area contributed by atoms with Crippen molar-refractivity contribution in [1.29, 1.82) is 0 Å². The maximum absolute atomic E-state index is 15.0. The summed E-state index contributed by atoms with van der Waals surface area (Å²) >= 11 is 0. The van der Waals surface area contributed by atoms with Gasteiger partial charge in [0.05, 0.1) is 110 Å². The Morgan fingerprint density at radius 3 is 1.33 bits per heavy atom. The Labute approximate surface area is 739 Å². The first-order chi connectivity index (χ1) is 59.6. The summed E-state index contributed by atoms with van der Waals surface area (Å²) in [6.45, 7) is 33.8. The molecule has 4 saturated carbocycles. The SMILES string of the molecule is COc1ccc(C2O[C@H]3C[C@H]4OC[C@@]4(OC(C)=O)[C@H]4[C@H](OC(=O)c5ccccc5)[C@]5(C(C)(C)O)C[C@H](OC(=O)[C@@H]6OC(c7c(C)cccc7OC)C[C@H]6CC(C)C)C(C)=C5[C@@H](C)[C@H](O2)[C@]34C)cc1.COc1ccc(C2O[C@H]3C[C@H]4OC[C@@]4(OC(C)=O)[C@H]4[C@H](OC(=O)c5ccccc5)[C@]5(C(C)(C)O)C[C@H](OC(=O)[C@H](O)[C@@H](C)CC(C)C)C(C)=C5[C@@H](C)[C@H](O2)[C@]34C)cc1. The summed E-state index contributed by atoms with van der Waals surface area (Å²) in [5, 5.41) is 37.2. The summed E-state index contributed by atoms with van der Waals surface area (Å²) in [5.74, 6) is -4.22. The van der Waals surface area contributed by atoms with Gasteiger partial charge in [0.15, 0.2) is 36.0 Å². The minimum atomic E-state index is -1.65. The zero-order valence-electron chi connectivity index (χ0n) is 76.6. The van der Waals surface area contributed by atoms with Crippen molar-refractivity contribution in [3.05, 3.63) is 183 Å². The van der Waals surface area contributed by atoms with E-state index < -0.39 is 195 Å². The number of hydrogen-bond acceptors (Lipinski definition) is 25. The van der Waals surface area contributed by atoms with Crippen LogP contribution in [0.2, 0.25) is 0 Å². The number of esters is 6. The van der Waals surface area contributed by atoms with Crippen molar-refractivity contribution < 1.29 is 120 Å². The number of ether oxygens (including phenoxy) is 16. The van der Waals surface area contributed by atoms with Crippen LogP contribution in [-0.4, -0.2) is 181 Å². The summed E-state index contributed by atoms with van der Waals surface area (Å²) < 4.78 is 104. The van der Waals surface area contributed by atoms with Crippen molar-refractivity contribution in [2.75, 3.05) is 34.5 Å². The molecule has 16 rings (SSSR count). The van der Waals surface area contributed by atoms with Crippen molar-refractivity contribution in [1.82, 2.24) is 0 Å². The molecule has 0 spiro atoms. The second-order valence-electron chi connectivity index (χ2n) is 39.8. The largest absolute Gasteiger partial charge is 0.497 e. The van der Waals surface area contributed by atoms with Gasteiger partial charge in [0.25, 0.3) is 0 Å². The predicted molar refractivity (Wildman–Crippen MR) is 461 cm³/mol. The molecule has 0 bridgehead atoms. The number of rotatable bonds is 23. The fraction of sp³-hybridized carbons (Fsp3) is 0.604. The first-order valence-electron chi connectivity index (χ1n) is 44.9. The van der Waals surface area contributed by atoms with E-state index in [1.54, 1.807) is 104 Å². The minimum Gasteiger partial charge on any atom is -0.497 e. The van der Waals surface area contributed by atoms with Crippen molar-refractivity contribution in [3.63, 3.8) is 0 Å². The van der Waals surface area contributed by atoms with Crippen LogP contribution in [0.25, 0.3) is 0 Å². The number of carbonyl (C=O) groups is 6. The van der Waals surface area contributed by atoms with Crippen LogP contribution in [0.1, 0.15) is 224 Å². The minimum absolute atomic E-state index is 0.0141. The van der Waals surface area contributed by atoms with E-state index in [0.29, 0.717) is 59.6 Å². The summed E-state index contributed by atoms with van der Waals surface area (Å²) in [6.07, 6.45) is -9.51. The van der Waals surface area contributed by atoms with Crippen LogP contribution in [0.15, 0.2) is 150 Å². The molecule has 25 heteroatoms. The summed E-state index contributed by atoms with van der Waals surface area (Å²) in [4.78, 5) is 84.9. The molecule has 0 radical (unpaired) electrons. The predicted octanol–water partition coefficient (Wildman–Crippen LogP) is 15.5. The third-order valence-electron chi connectivity index (χ3n) is 30.6. The Morgan fingerprint density at radius 2 is 0.952 bits per heavy atom. The number of methoxy groups -OCH3 is 3. The highest BCUT2D eigenvalue weighted by Crippen LogP contribution is 2.74. The molecule has 126 heavy (non-hydrogen) atoms. The van der Waals surface area contributed by atoms with Gasteiger partial charge in [0.2, 0.25) is 0 Å². The van der Waals surface area contributed by atoms with Gasteiger partial charge >= 0.3 is 35.8 Å². The lowest BCUT2D eigenvalue weighted by Gasteiger charge is -2.67. The van der Waals surface area contributed by atoms with Crippen LogP contribution in [0.3, 0.4) is 0 Å². The van der Waals surface area contributed by atoms with Gasteiger partial charge in [-0.25, -0.2) is 19.2 Å². The van der Waals surface area contributed by atoms with E-state index in [-0.39, 0.29) is 49.7 Å². The van der Waals surface area contributed by atoms with Gasteiger partial charge in [-0.2, -0.15) is 0 Å². The number of fused-ring (bicyclic) bond motifs is 6. The van der Waals surface area contributed by atoms with Gasteiger partial charge in [-0.1, -0.05) is 135 Å². The molecule has 0 amide bonds. The highest BCUT2D eigenvalue weighted by atomic mass is 16.7. The standard InChI is InChI=1S/C55H68O13.C46H60O12/c1-29(2)24-36-25-39(43-30(3)16-15-19-38(43)61-11)63-45(36)50(58)64-40-27-54(52(7,8)59)44(31(40)4)32(5)47-53(9)41(65-51(67-47)35-20-22-37(60-10)23-21-35)26-42-55(28-62-42,68-33(6)56)46(53)48(54)66-49(57)34-17-13-12-14-18-34;1-24(2)20-25(3)36(48)41(50)54-32-22-45(43(7,8)51)35(26(32)4)27(5)38-44(9)33(55-42(57-38)30-16-18-31(52-10)19-17-30)21-34-46(23-53-34,58-28(6)47)37(44)39(45)56-40(49)29-14-12-11-13-15-29/h12-23,29,32,36,39-42,45-48,51,59H,24-28H2,1-11H3;11-19,24-25,27,32-34,36-39,42,48,51H,20-23H2,1-10H3/t32-,36-,39?,40+,41+,42-,45-,46+,47+,48+,51?,53-,54+,55+;25-,27+,32-,33-,34+,36+,37-,38-,39-,42?,44+,45-,46-/m10/s1. The molecule has 5 saturated heterocycles. The average Bonchev–Trinajstić information content (AvgIpc) is 1.43. The zero-order valence-corrected chi connectivity index (χ0v) is 76.6. The van der Waals surface area contributed by atoms with E-state index in [0.717, 1.165) is 45.4 Å². The second kappa shape index (κ2) is 34.7. The number of benzene rings is 5. The van der Waals surface area contributed by atoms with Crippen molar-refractivity contribution >= 4 is 35.8 Å². The van der Waals surface area contributed by atoms with Gasteiger partial charge in [0, 0.05) is 78.9 Å². The molecule has 11 aliphatic rings. The van der Waals surface area contributed by atoms with Crippen molar-refractivity contribution in [3.8, 4) is 17.2 Å². The Kier molecular flexibility index (Phi) is 25.4. The van der Waals surface area contributed by atoms with E-state index in [1.165, 1.54) is 13.8 Å². The Bertz CT molecular complexity index is 4930. The van der Waals surface area contributed by atoms with Gasteiger partial charge in [-0.05, 0) is 174 Å². The van der Waals surface area contributed by atoms with Gasteiger partial charge in [-0.3, -0.25) is 9.59 Å². The van der Waals surface area contributed by atoms with E-state index in [9.17, 15) is 39.3 Å². The highest BCUT2D eigenvalue weighted by Gasteiger charge is 2.83. The molecular formula is C101H128O25. The van der Waals surface area contributed by atoms with Crippen LogP contribution in [0, 0.1) is 75.9 Å². The molecule has 5 aromatic carbocycles. The molecule has 682 valence electrons. The Balaban J connectivity index is 0.000000197. The third kappa shape index (κ3) is 15.4. The monoisotopic (exact) mass is 1740 g/mol. The molecule has 3 N–H and O–H groups in total. The number of aliphatic hydroxyl groups excluding tert-OH is 1. The number of hydrogen-bond donors (Lipinski definition) is 3. The Morgan fingerprint density at radius 1 is 0.516 bits per heavy atom. The fourth-order valence-electron chi connectivity index (χ4n) is 25.2. The lowest BCUT2D eigenvalue weighted by molar-refractivity contribution is -0.399. The van der Waals surface area contributed by atoms with Crippen LogP contribution < -0.4 is 14.2 Å². The van der Waals surface area contributed by atoms with Crippen LogP contribution >= 0.6 is 0 Å². The normalized spacial score (nSPS) is 36.2. The first-order valence-corrected chi connectivity index (χ1v) is 44.9. The topological polar surface area (TPSA) is 311 Å². The first kappa shape index (κ1) is 92.1. The molecular weight excluding hydrogens is 1610 g/mol. The van der Waals surface area contributed by atoms with Gasteiger partial charge < -0.3 is 91.1 Å². The van der Waals surface area contributed by atoms with E-state index in [2.05, 4.69) is 34.6 Å². The lowest BCUT2D eigenvalue weighted by Crippen LogP contribution is -2.79. The smallest absolute Gasteiger partial charge is 0.338 e. The Hall–Kier alpha value is -8.60. The second-order valence-corrected chi connectivity index (χ2v) is 39.8. The van der Waals surface area contributed by atoms with Crippen LogP contribution in [0.4, 0.5) is 0 Å². The molecule has 25 nitrogen and oxygen atoms in total. The molecule has 9 fully saturated rings. The number of aryl methyl sites for hydroxylation is 1. The fourth-order valence-corrected chi connectivity index (χ4v) is 25.2. The van der Waals surface area contributed by atoms with Gasteiger partial charge in [0.1, 0.15) is 53.9 Å². The average molecular weight is 1740 g/mol. The van der Waals surface area contributed by atoms with E-state index in [4.69, 9.17) is 75.8 Å². The van der Waals surface area contributed by atoms with Crippen LogP contribution in [-0.2, 0) is 80.8 Å². The molecule has 6 aliphatic carbocycles. The van der Waals surface area contributed by atoms with Gasteiger partial charge in [-0.15, -0.1) is 0 Å². The maximum atomic E-state index is 15.0. The molecule has 27 atom stereocenters. The van der Waals surface area contributed by atoms with Crippen molar-refractivity contribution in [2.45, 2.75) is 284 Å². The van der Waals surface area contributed by atoms with Crippen LogP contribution in [0.5, 0.6) is 17.2 Å². The highest BCUT2D eigenvalue weighted by molar-refractivity contribution is 5.90. The van der Waals surface area contributed by atoms with E-state index >= 15 is 4.79 Å². The summed E-state index contributed by atoms with van der Waals surface area (Å²) in [7, 11) is 4.85. The third-order valence-corrected chi connectivity index (χ3v) is 30.6. The molecule has 3 unspecified atom stereocenters. The number of carbonyl (C=O) groups excluding carboxylic acids is 6. The number of aliphatic hydroxyl groups is 3. The molecule has 5 heterocycles. The zero-order chi connectivity index (χ0) is 90.8. The quantitative estimate of drug-likeness (QED) is 0.0311.